The Morgan fingerprint density at radius 1 is 1.19 bits per heavy atom. The van der Waals surface area contributed by atoms with Crippen molar-refractivity contribution in [2.45, 2.75) is 23.5 Å². The number of nitrogens with zero attached hydrogens (tertiary/aromatic N) is 1. The van der Waals surface area contributed by atoms with Crippen molar-refractivity contribution in [3.63, 3.8) is 0 Å². The van der Waals surface area contributed by atoms with Gasteiger partial charge in [0.15, 0.2) is 0 Å². The Balaban J connectivity index is 1.84. The maximum Gasteiger partial charge on any atom is 0.322 e. The molecule has 0 aromatic heterocycles. The summed E-state index contributed by atoms with van der Waals surface area (Å²) >= 11 is 0. The second kappa shape index (κ2) is 7.37. The number of nitrogens with one attached hydrogen (secondary N) is 1. The van der Waals surface area contributed by atoms with E-state index in [1.807, 2.05) is 0 Å². The molecular weight excluding hydrogens is 370 g/mol. The van der Waals surface area contributed by atoms with Crippen LogP contribution in [-0.4, -0.2) is 48.3 Å². The third-order valence-corrected chi connectivity index (χ3v) is 6.19. The van der Waals surface area contributed by atoms with Crippen molar-refractivity contribution in [2.75, 3.05) is 6.54 Å². The summed E-state index contributed by atoms with van der Waals surface area (Å²) in [6.45, 7) is -0.0848. The number of nitrogen functional groups attached to an aromatic ring is 1. The summed E-state index contributed by atoms with van der Waals surface area (Å²) in [6, 6.07) is 13.0. The fourth-order valence-corrected chi connectivity index (χ4v) is 4.65. The van der Waals surface area contributed by atoms with E-state index in [9.17, 15) is 18.3 Å². The number of carbonyl (C=O) groups is 1. The summed E-state index contributed by atoms with van der Waals surface area (Å²) in [5, 5.41) is 17.0. The topological polar surface area (TPSA) is 134 Å². The van der Waals surface area contributed by atoms with Gasteiger partial charge in [0.2, 0.25) is 10.0 Å². The Morgan fingerprint density at radius 3 is 2.52 bits per heavy atom. The van der Waals surface area contributed by atoms with Crippen LogP contribution in [0.5, 0.6) is 5.75 Å². The van der Waals surface area contributed by atoms with Crippen molar-refractivity contribution < 1.29 is 23.1 Å². The molecular formula is C18H19N3O5S. The van der Waals surface area contributed by atoms with E-state index in [4.69, 9.17) is 15.9 Å². The normalized spacial score (nSPS) is 20.3. The van der Waals surface area contributed by atoms with Crippen molar-refractivity contribution >= 4 is 21.8 Å². The van der Waals surface area contributed by atoms with Crippen LogP contribution in [0.4, 0.5) is 0 Å². The minimum atomic E-state index is -3.96. The van der Waals surface area contributed by atoms with Crippen LogP contribution in [0.25, 0.3) is 0 Å². The molecule has 3 rings (SSSR count). The third-order valence-electron chi connectivity index (χ3n) is 4.30. The van der Waals surface area contributed by atoms with Gasteiger partial charge in [-0.3, -0.25) is 10.2 Å². The molecule has 4 N–H and O–H groups in total. The Hall–Kier alpha value is -2.91. The molecule has 1 heterocycles. The Labute approximate surface area is 156 Å². The fourth-order valence-electron chi connectivity index (χ4n) is 3.00. The van der Waals surface area contributed by atoms with Gasteiger partial charge in [-0.1, -0.05) is 30.3 Å². The number of amidine groups is 1. The number of aliphatic carboxylic acids is 1. The molecule has 2 atom stereocenters. The molecule has 0 saturated carbocycles. The van der Waals surface area contributed by atoms with Crippen LogP contribution in [0.2, 0.25) is 0 Å². The third kappa shape index (κ3) is 3.93. The van der Waals surface area contributed by atoms with Gasteiger partial charge in [-0.25, -0.2) is 8.42 Å². The molecule has 1 aliphatic heterocycles. The maximum atomic E-state index is 12.9. The highest BCUT2D eigenvalue weighted by Crippen LogP contribution is 2.29. The predicted octanol–water partition coefficient (Wildman–Crippen LogP) is 1.27. The number of carboxylic acid groups (broad SMARTS) is 1. The molecule has 8 nitrogen and oxygen atoms in total. The zero-order chi connectivity index (χ0) is 19.6. The van der Waals surface area contributed by atoms with Crippen LogP contribution in [0.15, 0.2) is 59.5 Å². The smallest absolute Gasteiger partial charge is 0.322 e. The number of sulfonamides is 1. The van der Waals surface area contributed by atoms with E-state index in [0.29, 0.717) is 11.3 Å². The van der Waals surface area contributed by atoms with E-state index in [2.05, 4.69) is 0 Å². The van der Waals surface area contributed by atoms with E-state index in [-0.39, 0.29) is 23.7 Å². The summed E-state index contributed by atoms with van der Waals surface area (Å²) in [7, 11) is -3.96. The number of ether oxygens (including phenoxy) is 1. The second-order valence-corrected chi connectivity index (χ2v) is 8.05. The molecule has 1 saturated heterocycles. The van der Waals surface area contributed by atoms with E-state index in [1.165, 1.54) is 12.1 Å². The quantitative estimate of drug-likeness (QED) is 0.503. The first-order valence-electron chi connectivity index (χ1n) is 8.20. The van der Waals surface area contributed by atoms with Gasteiger partial charge >= 0.3 is 5.97 Å². The Bertz CT molecular complexity index is 962. The molecule has 2 aromatic rings. The monoisotopic (exact) mass is 389 g/mol. The lowest BCUT2D eigenvalue weighted by Gasteiger charge is -2.20. The molecule has 9 heteroatoms. The summed E-state index contributed by atoms with van der Waals surface area (Å²) in [5.41, 5.74) is 5.93. The number of benzene rings is 2. The number of rotatable bonds is 6. The van der Waals surface area contributed by atoms with E-state index in [0.717, 1.165) is 4.31 Å². The standard InChI is InChI=1S/C18H19N3O5S/c19-17(20)12-5-4-6-13(9-12)26-14-10-16(18(22)23)21(11-14)27(24,25)15-7-2-1-3-8-15/h1-9,14,16H,10-11H2,(H3,19,20)(H,22,23). The lowest BCUT2D eigenvalue weighted by Crippen LogP contribution is -2.40. The van der Waals surface area contributed by atoms with Crippen LogP contribution >= 0.6 is 0 Å². The minimum Gasteiger partial charge on any atom is -0.489 e. The highest BCUT2D eigenvalue weighted by molar-refractivity contribution is 7.89. The summed E-state index contributed by atoms with van der Waals surface area (Å²) in [6.07, 6.45) is -0.613. The molecule has 0 aliphatic carbocycles. The van der Waals surface area contributed by atoms with Crippen LogP contribution in [0, 0.1) is 5.41 Å². The molecule has 0 radical (unpaired) electrons. The van der Waals surface area contributed by atoms with Gasteiger partial charge in [0.25, 0.3) is 0 Å². The summed E-state index contributed by atoms with van der Waals surface area (Å²) in [4.78, 5) is 11.7. The molecule has 1 aliphatic rings. The van der Waals surface area contributed by atoms with Crippen molar-refractivity contribution in [1.29, 1.82) is 5.41 Å². The van der Waals surface area contributed by atoms with Gasteiger partial charge in [-0.2, -0.15) is 4.31 Å². The van der Waals surface area contributed by atoms with Crippen LogP contribution < -0.4 is 10.5 Å². The van der Waals surface area contributed by atoms with Gasteiger partial charge in [0, 0.05) is 12.0 Å². The second-order valence-electron chi connectivity index (χ2n) is 6.16. The number of nitrogens with two attached hydrogens (primary N) is 1. The van der Waals surface area contributed by atoms with Gasteiger partial charge in [-0.15, -0.1) is 0 Å². The van der Waals surface area contributed by atoms with E-state index in [1.54, 1.807) is 42.5 Å². The predicted molar refractivity (Wildman–Crippen MR) is 98.2 cm³/mol. The lowest BCUT2D eigenvalue weighted by molar-refractivity contribution is -0.140. The first-order valence-corrected chi connectivity index (χ1v) is 9.64. The first-order chi connectivity index (χ1) is 12.8. The minimum absolute atomic E-state index is 0.0195. The number of hydrogen-bond acceptors (Lipinski definition) is 5. The van der Waals surface area contributed by atoms with Gasteiger partial charge in [-0.05, 0) is 24.3 Å². The van der Waals surface area contributed by atoms with Gasteiger partial charge in [0.1, 0.15) is 23.7 Å². The van der Waals surface area contributed by atoms with Crippen LogP contribution in [0.3, 0.4) is 0 Å². The molecule has 0 spiro atoms. The number of carboxylic acids is 1. The largest absolute Gasteiger partial charge is 0.489 e. The average Bonchev–Trinajstić information content (AvgIpc) is 3.07. The highest BCUT2D eigenvalue weighted by atomic mass is 32.2. The molecule has 2 unspecified atom stereocenters. The maximum absolute atomic E-state index is 12.9. The summed E-state index contributed by atoms with van der Waals surface area (Å²) in [5.74, 6) is -0.947. The highest BCUT2D eigenvalue weighted by Gasteiger charge is 2.45. The lowest BCUT2D eigenvalue weighted by atomic mass is 10.2. The first kappa shape index (κ1) is 18.9. The Morgan fingerprint density at radius 2 is 1.89 bits per heavy atom. The van der Waals surface area contributed by atoms with Crippen LogP contribution in [0.1, 0.15) is 12.0 Å². The summed E-state index contributed by atoms with van der Waals surface area (Å²) < 4.78 is 32.5. The van der Waals surface area contributed by atoms with E-state index >= 15 is 0 Å². The van der Waals surface area contributed by atoms with Gasteiger partial charge < -0.3 is 15.6 Å². The van der Waals surface area contributed by atoms with Crippen molar-refractivity contribution in [1.82, 2.24) is 4.31 Å². The van der Waals surface area contributed by atoms with E-state index < -0.39 is 28.1 Å². The number of hydrogen-bond donors (Lipinski definition) is 3. The Kier molecular flexibility index (Phi) is 5.15. The van der Waals surface area contributed by atoms with Gasteiger partial charge in [0.05, 0.1) is 11.4 Å². The van der Waals surface area contributed by atoms with Crippen molar-refractivity contribution in [3.8, 4) is 5.75 Å². The molecule has 0 bridgehead atoms. The molecule has 27 heavy (non-hydrogen) atoms. The molecule has 2 aromatic carbocycles. The SMILES string of the molecule is N=C(N)c1cccc(OC2CC(C(=O)O)N(S(=O)(=O)c3ccccc3)C2)c1. The van der Waals surface area contributed by atoms with Crippen molar-refractivity contribution in [2.24, 2.45) is 5.73 Å². The van der Waals surface area contributed by atoms with Crippen LogP contribution in [-0.2, 0) is 14.8 Å². The fraction of sp³-hybridized carbons (Fsp3) is 0.222. The molecule has 1 fully saturated rings. The molecule has 142 valence electrons. The van der Waals surface area contributed by atoms with Crippen molar-refractivity contribution in [3.05, 3.63) is 60.2 Å². The molecule has 0 amide bonds. The zero-order valence-corrected chi connectivity index (χ0v) is 15.1. The zero-order valence-electron chi connectivity index (χ0n) is 14.3. The average molecular weight is 389 g/mol.